The van der Waals surface area contributed by atoms with Gasteiger partial charge < -0.3 is 4.90 Å². The van der Waals surface area contributed by atoms with E-state index in [-0.39, 0.29) is 0 Å². The van der Waals surface area contributed by atoms with Crippen molar-refractivity contribution < 1.29 is 0 Å². The molecule has 0 spiro atoms. The summed E-state index contributed by atoms with van der Waals surface area (Å²) < 4.78 is 7.83. The van der Waals surface area contributed by atoms with Gasteiger partial charge >= 0.3 is 0 Å². The maximum Gasteiger partial charge on any atom is 0.0640 e. The fourth-order valence-electron chi connectivity index (χ4n) is 7.87. The van der Waals surface area contributed by atoms with Crippen LogP contribution in [0.4, 0.5) is 17.1 Å². The third-order valence-electron chi connectivity index (χ3n) is 10.3. The van der Waals surface area contributed by atoms with Crippen molar-refractivity contribution in [2.45, 2.75) is 0 Å². The lowest BCUT2D eigenvalue weighted by Crippen LogP contribution is -2.10. The van der Waals surface area contributed by atoms with Crippen molar-refractivity contribution in [2.24, 2.45) is 0 Å². The first-order valence-corrected chi connectivity index (χ1v) is 20.0. The van der Waals surface area contributed by atoms with E-state index < -0.39 is 0 Å². The summed E-state index contributed by atoms with van der Waals surface area (Å²) in [5.74, 6) is 0. The highest BCUT2D eigenvalue weighted by Crippen LogP contribution is 2.51. The first-order valence-electron chi connectivity index (χ1n) is 17.5. The van der Waals surface area contributed by atoms with Crippen molar-refractivity contribution in [3.63, 3.8) is 0 Å². The average Bonchev–Trinajstić information content (AvgIpc) is 3.90. The molecular formula is C48H29NS3. The first kappa shape index (κ1) is 29.9. The van der Waals surface area contributed by atoms with E-state index in [1.807, 2.05) is 34.0 Å². The summed E-state index contributed by atoms with van der Waals surface area (Å²) >= 11 is 5.66. The Morgan fingerprint density at radius 1 is 0.327 bits per heavy atom. The Bertz CT molecular complexity index is 3130. The van der Waals surface area contributed by atoms with E-state index in [1.54, 1.807) is 0 Å². The zero-order valence-corrected chi connectivity index (χ0v) is 30.4. The lowest BCUT2D eigenvalue weighted by Gasteiger charge is -2.27. The molecule has 0 atom stereocenters. The van der Waals surface area contributed by atoms with E-state index in [1.165, 1.54) is 94.1 Å². The number of benzene rings is 8. The zero-order valence-electron chi connectivity index (χ0n) is 27.9. The molecule has 1 nitrogen and oxygen atoms in total. The van der Waals surface area contributed by atoms with Crippen LogP contribution in [-0.2, 0) is 0 Å². The molecule has 52 heavy (non-hydrogen) atoms. The van der Waals surface area contributed by atoms with Gasteiger partial charge in [0.25, 0.3) is 0 Å². The number of thiophene rings is 3. The van der Waals surface area contributed by atoms with Crippen molar-refractivity contribution in [3.05, 3.63) is 176 Å². The van der Waals surface area contributed by atoms with E-state index in [9.17, 15) is 0 Å². The van der Waals surface area contributed by atoms with Crippen LogP contribution in [0, 0.1) is 0 Å². The van der Waals surface area contributed by atoms with Crippen molar-refractivity contribution in [1.82, 2.24) is 0 Å². The van der Waals surface area contributed by atoms with Crippen molar-refractivity contribution >= 4 is 112 Å². The second-order valence-corrected chi connectivity index (χ2v) is 16.4. The van der Waals surface area contributed by atoms with E-state index in [2.05, 4.69) is 181 Å². The van der Waals surface area contributed by atoms with Crippen LogP contribution in [-0.4, -0.2) is 0 Å². The highest BCUT2D eigenvalue weighted by Gasteiger charge is 2.24. The molecule has 0 fully saturated rings. The number of fused-ring (bicyclic) bond motifs is 9. The summed E-state index contributed by atoms with van der Waals surface area (Å²) in [5.41, 5.74) is 8.57. The zero-order chi connectivity index (χ0) is 34.2. The van der Waals surface area contributed by atoms with Crippen LogP contribution in [0.3, 0.4) is 0 Å². The van der Waals surface area contributed by atoms with Crippen molar-refractivity contribution in [3.8, 4) is 22.3 Å². The summed E-state index contributed by atoms with van der Waals surface area (Å²) in [6.07, 6.45) is 0. The Morgan fingerprint density at radius 2 is 0.981 bits per heavy atom. The molecule has 0 unspecified atom stereocenters. The minimum Gasteiger partial charge on any atom is -0.308 e. The summed E-state index contributed by atoms with van der Waals surface area (Å²) in [4.78, 5) is 2.54. The molecule has 0 saturated heterocycles. The van der Waals surface area contributed by atoms with Gasteiger partial charge in [0.2, 0.25) is 0 Å². The molecular weight excluding hydrogens is 687 g/mol. The SMILES string of the molecule is c1ccc(-c2ccc3c(c2)sc2ccc(N(c4cccc5c4sc4ccccc45)c4ccc(-c5ccccc5)c5sc6ccccc6c45)cc23)cc1. The lowest BCUT2D eigenvalue weighted by molar-refractivity contribution is 1.33. The number of hydrogen-bond acceptors (Lipinski definition) is 4. The quantitative estimate of drug-likeness (QED) is 0.171. The van der Waals surface area contributed by atoms with Gasteiger partial charge in [-0.1, -0.05) is 127 Å². The molecule has 3 aromatic heterocycles. The van der Waals surface area contributed by atoms with Gasteiger partial charge in [0.15, 0.2) is 0 Å². The van der Waals surface area contributed by atoms with Crippen LogP contribution in [0.1, 0.15) is 0 Å². The highest BCUT2D eigenvalue weighted by atomic mass is 32.1. The van der Waals surface area contributed by atoms with Gasteiger partial charge in [-0.3, -0.25) is 0 Å². The maximum atomic E-state index is 2.54. The van der Waals surface area contributed by atoms with Gasteiger partial charge in [-0.15, -0.1) is 34.0 Å². The molecule has 0 aliphatic carbocycles. The highest BCUT2D eigenvalue weighted by molar-refractivity contribution is 7.27. The number of hydrogen-bond donors (Lipinski definition) is 0. The molecule has 0 aliphatic rings. The molecule has 4 heteroatoms. The van der Waals surface area contributed by atoms with E-state index >= 15 is 0 Å². The van der Waals surface area contributed by atoms with Gasteiger partial charge in [0.1, 0.15) is 0 Å². The molecule has 0 N–H and O–H groups in total. The van der Waals surface area contributed by atoms with Crippen LogP contribution in [0.5, 0.6) is 0 Å². The van der Waals surface area contributed by atoms with Crippen LogP contribution in [0.15, 0.2) is 176 Å². The fourth-order valence-corrected chi connectivity index (χ4v) is 11.5. The molecule has 8 aromatic carbocycles. The van der Waals surface area contributed by atoms with Crippen LogP contribution in [0.25, 0.3) is 82.8 Å². The summed E-state index contributed by atoms with van der Waals surface area (Å²) in [6.45, 7) is 0. The fraction of sp³-hybridized carbons (Fsp3) is 0. The van der Waals surface area contributed by atoms with Gasteiger partial charge in [-0.05, 0) is 70.8 Å². The van der Waals surface area contributed by atoms with Crippen LogP contribution < -0.4 is 4.90 Å². The Labute approximate surface area is 312 Å². The predicted molar refractivity (Wildman–Crippen MR) is 231 cm³/mol. The number of rotatable bonds is 5. The normalized spacial score (nSPS) is 11.8. The van der Waals surface area contributed by atoms with E-state index in [0.29, 0.717) is 0 Å². The van der Waals surface area contributed by atoms with E-state index in [0.717, 1.165) is 5.69 Å². The van der Waals surface area contributed by atoms with Gasteiger partial charge in [-0.2, -0.15) is 0 Å². The van der Waals surface area contributed by atoms with Crippen molar-refractivity contribution in [2.75, 3.05) is 4.90 Å². The molecule has 0 saturated carbocycles. The Kier molecular flexibility index (Phi) is 6.84. The standard InChI is InChI=1S/C48H29NS3/c1-3-12-30(13-4-1)32-22-24-36-39-29-33(23-27-44(39)50-45(36)28-32)49(41-19-11-18-37-35-16-7-9-20-42(35)51-47(37)41)40-26-25-34(31-14-5-2-6-15-31)48-46(40)38-17-8-10-21-43(38)52-48/h1-29H. The lowest BCUT2D eigenvalue weighted by atomic mass is 9.99. The largest absolute Gasteiger partial charge is 0.308 e. The third-order valence-corrected chi connectivity index (χ3v) is 13.8. The van der Waals surface area contributed by atoms with Crippen molar-refractivity contribution in [1.29, 1.82) is 0 Å². The van der Waals surface area contributed by atoms with Crippen LogP contribution in [0.2, 0.25) is 0 Å². The second kappa shape index (κ2) is 11.9. The molecule has 11 rings (SSSR count). The molecule has 3 heterocycles. The number of anilines is 3. The Morgan fingerprint density at radius 3 is 1.81 bits per heavy atom. The number of nitrogens with zero attached hydrogens (tertiary/aromatic N) is 1. The Balaban J connectivity index is 1.20. The Hall–Kier alpha value is -5.78. The topological polar surface area (TPSA) is 3.24 Å². The van der Waals surface area contributed by atoms with Gasteiger partial charge in [0, 0.05) is 61.5 Å². The van der Waals surface area contributed by atoms with Crippen LogP contribution >= 0.6 is 34.0 Å². The second-order valence-electron chi connectivity index (χ2n) is 13.2. The molecule has 11 aromatic rings. The molecule has 0 radical (unpaired) electrons. The minimum atomic E-state index is 1.16. The van der Waals surface area contributed by atoms with Gasteiger partial charge in [-0.25, -0.2) is 0 Å². The maximum absolute atomic E-state index is 2.54. The molecule has 0 amide bonds. The van der Waals surface area contributed by atoms with E-state index in [4.69, 9.17) is 0 Å². The average molecular weight is 716 g/mol. The molecule has 0 aliphatic heterocycles. The first-order chi connectivity index (χ1) is 25.8. The smallest absolute Gasteiger partial charge is 0.0640 e. The summed E-state index contributed by atoms with van der Waals surface area (Å²) in [6, 6.07) is 64.8. The van der Waals surface area contributed by atoms with Gasteiger partial charge in [0.05, 0.1) is 16.1 Å². The predicted octanol–water partition coefficient (Wildman–Crippen LogP) is 15.6. The molecule has 244 valence electrons. The summed E-state index contributed by atoms with van der Waals surface area (Å²) in [7, 11) is 0. The summed E-state index contributed by atoms with van der Waals surface area (Å²) in [5, 5.41) is 7.78. The minimum absolute atomic E-state index is 1.16. The third kappa shape index (κ3) is 4.65. The monoisotopic (exact) mass is 715 g/mol. The molecule has 0 bridgehead atoms.